The summed E-state index contributed by atoms with van der Waals surface area (Å²) < 4.78 is 45.2. The number of carbonyl (C=O) groups is 2. The van der Waals surface area contributed by atoms with Gasteiger partial charge in [0.25, 0.3) is 15.9 Å². The molecule has 0 fully saturated rings. The van der Waals surface area contributed by atoms with Crippen LogP contribution in [0.4, 0.5) is 15.8 Å². The second-order valence-corrected chi connectivity index (χ2v) is 9.22. The van der Waals surface area contributed by atoms with Crippen LogP contribution in [-0.2, 0) is 14.8 Å². The number of ether oxygens (including phenoxy) is 1. The van der Waals surface area contributed by atoms with E-state index in [9.17, 15) is 22.4 Å². The molecule has 3 rings (SSSR count). The van der Waals surface area contributed by atoms with E-state index in [-0.39, 0.29) is 33.3 Å². The predicted octanol–water partition coefficient (Wildman–Crippen LogP) is 4.73. The maximum absolute atomic E-state index is 13.2. The molecular weight excluding hydrogens is 471 g/mol. The molecule has 0 heterocycles. The third-order valence-electron chi connectivity index (χ3n) is 4.66. The van der Waals surface area contributed by atoms with Crippen LogP contribution in [0.2, 0.25) is 5.02 Å². The molecule has 0 saturated heterocycles. The van der Waals surface area contributed by atoms with Crippen LogP contribution < -0.4 is 9.62 Å². The van der Waals surface area contributed by atoms with Gasteiger partial charge in [-0.2, -0.15) is 0 Å². The summed E-state index contributed by atoms with van der Waals surface area (Å²) in [6.07, 6.45) is 0. The van der Waals surface area contributed by atoms with Crippen LogP contribution in [0.25, 0.3) is 0 Å². The Morgan fingerprint density at radius 1 is 1.06 bits per heavy atom. The molecule has 0 aliphatic carbocycles. The Morgan fingerprint density at radius 2 is 1.76 bits per heavy atom. The standard InChI is InChI=1S/C23H20ClFN2O5S/c1-3-32-23(29)15-5-4-6-17(13-15)26-22(28)20-14-19(11-12-21(20)24)33(30,31)27(2)18-9-7-16(25)8-10-18/h4-14H,3H2,1-2H3,(H,26,28). The second-order valence-electron chi connectivity index (χ2n) is 6.85. The van der Waals surface area contributed by atoms with Gasteiger partial charge in [-0.1, -0.05) is 17.7 Å². The molecule has 0 spiro atoms. The van der Waals surface area contributed by atoms with Crippen LogP contribution in [0.1, 0.15) is 27.6 Å². The molecule has 1 amide bonds. The first-order chi connectivity index (χ1) is 15.6. The van der Waals surface area contributed by atoms with Crippen molar-refractivity contribution in [3.63, 3.8) is 0 Å². The van der Waals surface area contributed by atoms with Gasteiger partial charge < -0.3 is 10.1 Å². The first-order valence-electron chi connectivity index (χ1n) is 9.76. The van der Waals surface area contributed by atoms with Crippen LogP contribution in [0.5, 0.6) is 0 Å². The summed E-state index contributed by atoms with van der Waals surface area (Å²) >= 11 is 6.16. The lowest BCUT2D eigenvalue weighted by atomic mass is 10.1. The van der Waals surface area contributed by atoms with Gasteiger partial charge in [0, 0.05) is 12.7 Å². The number of hydrogen-bond donors (Lipinski definition) is 1. The number of benzene rings is 3. The van der Waals surface area contributed by atoms with E-state index in [1.807, 2.05) is 0 Å². The van der Waals surface area contributed by atoms with Gasteiger partial charge in [-0.05, 0) is 67.6 Å². The lowest BCUT2D eigenvalue weighted by Crippen LogP contribution is -2.27. The quantitative estimate of drug-likeness (QED) is 0.483. The first-order valence-corrected chi connectivity index (χ1v) is 11.6. The molecule has 7 nitrogen and oxygen atoms in total. The molecule has 1 N–H and O–H groups in total. The summed E-state index contributed by atoms with van der Waals surface area (Å²) in [4.78, 5) is 24.6. The topological polar surface area (TPSA) is 92.8 Å². The van der Waals surface area contributed by atoms with E-state index in [1.54, 1.807) is 25.1 Å². The smallest absolute Gasteiger partial charge is 0.338 e. The van der Waals surface area contributed by atoms with Crippen LogP contribution in [0.3, 0.4) is 0 Å². The molecule has 0 radical (unpaired) electrons. The molecule has 3 aromatic rings. The van der Waals surface area contributed by atoms with E-state index in [0.717, 1.165) is 22.5 Å². The lowest BCUT2D eigenvalue weighted by molar-refractivity contribution is 0.0526. The number of nitrogens with one attached hydrogen (secondary N) is 1. The Bertz CT molecular complexity index is 1300. The van der Waals surface area contributed by atoms with Crippen molar-refractivity contribution in [2.24, 2.45) is 0 Å². The molecule has 0 aliphatic heterocycles. The van der Waals surface area contributed by atoms with Crippen LogP contribution in [0.15, 0.2) is 71.6 Å². The summed E-state index contributed by atoms with van der Waals surface area (Å²) in [6.45, 7) is 1.89. The van der Waals surface area contributed by atoms with E-state index in [0.29, 0.717) is 5.69 Å². The van der Waals surface area contributed by atoms with Crippen molar-refractivity contribution in [1.82, 2.24) is 0 Å². The molecule has 0 aromatic heterocycles. The van der Waals surface area contributed by atoms with Gasteiger partial charge in [-0.3, -0.25) is 9.10 Å². The normalized spacial score (nSPS) is 11.0. The number of carbonyl (C=O) groups excluding carboxylic acids is 2. The van der Waals surface area contributed by atoms with Gasteiger partial charge in [-0.25, -0.2) is 17.6 Å². The van der Waals surface area contributed by atoms with E-state index < -0.39 is 27.7 Å². The van der Waals surface area contributed by atoms with Crippen molar-refractivity contribution in [2.45, 2.75) is 11.8 Å². The average molecular weight is 491 g/mol. The van der Waals surface area contributed by atoms with E-state index in [2.05, 4.69) is 5.32 Å². The molecule has 33 heavy (non-hydrogen) atoms. The second kappa shape index (κ2) is 10.0. The van der Waals surface area contributed by atoms with Crippen LogP contribution in [-0.4, -0.2) is 33.9 Å². The number of amides is 1. The molecule has 0 saturated carbocycles. The summed E-state index contributed by atoms with van der Waals surface area (Å²) in [5.41, 5.74) is 0.719. The van der Waals surface area contributed by atoms with Crippen molar-refractivity contribution in [3.8, 4) is 0 Å². The van der Waals surface area contributed by atoms with Gasteiger partial charge >= 0.3 is 5.97 Å². The first kappa shape index (κ1) is 24.2. The van der Waals surface area contributed by atoms with Gasteiger partial charge in [0.2, 0.25) is 0 Å². The van der Waals surface area contributed by atoms with E-state index >= 15 is 0 Å². The maximum Gasteiger partial charge on any atom is 0.338 e. The molecule has 172 valence electrons. The summed E-state index contributed by atoms with van der Waals surface area (Å²) in [7, 11) is -2.75. The maximum atomic E-state index is 13.2. The Hall–Kier alpha value is -3.43. The van der Waals surface area contributed by atoms with Gasteiger partial charge in [0.1, 0.15) is 5.82 Å². The third kappa shape index (κ3) is 5.50. The summed E-state index contributed by atoms with van der Waals surface area (Å²) in [5.74, 6) is -1.70. The molecule has 0 atom stereocenters. The summed E-state index contributed by atoms with van der Waals surface area (Å²) in [6, 6.07) is 14.8. The highest BCUT2D eigenvalue weighted by molar-refractivity contribution is 7.92. The molecule has 0 aliphatic rings. The molecule has 10 heteroatoms. The highest BCUT2D eigenvalue weighted by Crippen LogP contribution is 2.26. The Balaban J connectivity index is 1.88. The number of anilines is 2. The zero-order valence-corrected chi connectivity index (χ0v) is 19.3. The number of rotatable bonds is 7. The number of sulfonamides is 1. The average Bonchev–Trinajstić information content (AvgIpc) is 2.79. The number of halogens is 2. The third-order valence-corrected chi connectivity index (χ3v) is 6.77. The van der Waals surface area contributed by atoms with E-state index in [4.69, 9.17) is 16.3 Å². The molecule has 3 aromatic carbocycles. The minimum absolute atomic E-state index is 0.0393. The Morgan fingerprint density at radius 3 is 2.42 bits per heavy atom. The van der Waals surface area contributed by atoms with Crippen LogP contribution >= 0.6 is 11.6 Å². The highest BCUT2D eigenvalue weighted by Gasteiger charge is 2.24. The van der Waals surface area contributed by atoms with Gasteiger partial charge in [0.05, 0.1) is 33.3 Å². The fourth-order valence-corrected chi connectivity index (χ4v) is 4.35. The molecule has 0 bridgehead atoms. The SMILES string of the molecule is CCOC(=O)c1cccc(NC(=O)c2cc(S(=O)(=O)N(C)c3ccc(F)cc3)ccc2Cl)c1. The lowest BCUT2D eigenvalue weighted by Gasteiger charge is -2.20. The monoisotopic (exact) mass is 490 g/mol. The molecular formula is C23H20ClFN2O5S. The zero-order valence-electron chi connectivity index (χ0n) is 17.7. The van der Waals surface area contributed by atoms with Crippen molar-refractivity contribution >= 4 is 44.9 Å². The number of nitrogens with zero attached hydrogens (tertiary/aromatic N) is 1. The Kier molecular flexibility index (Phi) is 7.35. The fourth-order valence-electron chi connectivity index (χ4n) is 2.92. The van der Waals surface area contributed by atoms with Crippen molar-refractivity contribution in [3.05, 3.63) is 88.7 Å². The number of hydrogen-bond acceptors (Lipinski definition) is 5. The predicted molar refractivity (Wildman–Crippen MR) is 124 cm³/mol. The summed E-state index contributed by atoms with van der Waals surface area (Å²) in [5, 5.41) is 2.64. The zero-order chi connectivity index (χ0) is 24.2. The largest absolute Gasteiger partial charge is 0.462 e. The fraction of sp³-hybridized carbons (Fsp3) is 0.130. The van der Waals surface area contributed by atoms with Crippen molar-refractivity contribution in [1.29, 1.82) is 0 Å². The minimum atomic E-state index is -4.06. The van der Waals surface area contributed by atoms with Gasteiger partial charge in [-0.15, -0.1) is 0 Å². The highest BCUT2D eigenvalue weighted by atomic mass is 35.5. The van der Waals surface area contributed by atoms with Crippen molar-refractivity contribution in [2.75, 3.05) is 23.3 Å². The van der Waals surface area contributed by atoms with E-state index in [1.165, 1.54) is 37.4 Å². The molecule has 0 unspecified atom stereocenters. The van der Waals surface area contributed by atoms with Gasteiger partial charge in [0.15, 0.2) is 0 Å². The van der Waals surface area contributed by atoms with Crippen LogP contribution in [0, 0.1) is 5.82 Å². The van der Waals surface area contributed by atoms with Crippen molar-refractivity contribution < 1.29 is 27.1 Å². The Labute approximate surface area is 195 Å². The number of esters is 1. The minimum Gasteiger partial charge on any atom is -0.462 e.